The Bertz CT molecular complexity index is 278. The minimum atomic E-state index is -2.02. The predicted molar refractivity (Wildman–Crippen MR) is 93.0 cm³/mol. The van der Waals surface area contributed by atoms with Crippen molar-refractivity contribution >= 4 is 8.25 Å². The molecule has 0 radical (unpaired) electrons. The molecule has 4 N–H and O–H groups in total. The van der Waals surface area contributed by atoms with Gasteiger partial charge in [-0.15, -0.1) is 9.05 Å². The Kier molecular flexibility index (Phi) is 11.4. The molecule has 132 valence electrons. The number of hydrogen-bond acceptors (Lipinski definition) is 5. The highest BCUT2D eigenvalue weighted by molar-refractivity contribution is 7.33. The molecule has 0 spiro atoms. The standard InChI is InChI=1S/C16H36N2O3P/c1-5-15(17,6-2)11-9-13-20-22(19)21-14-10-12-16(18,7-3)8-4/h5-14,17-18H2,1-4H3/q+1. The Morgan fingerprint density at radius 2 is 1.09 bits per heavy atom. The van der Waals surface area contributed by atoms with Crippen LogP contribution in [0.5, 0.6) is 0 Å². The summed E-state index contributed by atoms with van der Waals surface area (Å²) in [6, 6.07) is 0. The topological polar surface area (TPSA) is 87.6 Å². The van der Waals surface area contributed by atoms with E-state index in [0.717, 1.165) is 51.4 Å². The van der Waals surface area contributed by atoms with Gasteiger partial charge >= 0.3 is 8.25 Å². The van der Waals surface area contributed by atoms with E-state index in [9.17, 15) is 4.57 Å². The van der Waals surface area contributed by atoms with Gasteiger partial charge in [0.2, 0.25) is 0 Å². The minimum absolute atomic E-state index is 0.124. The molecule has 0 aliphatic rings. The zero-order chi connectivity index (χ0) is 17.1. The summed E-state index contributed by atoms with van der Waals surface area (Å²) in [5, 5.41) is 0. The second-order valence-corrected chi connectivity index (χ2v) is 7.20. The SMILES string of the molecule is CCC(N)(CC)CCCO[P+](=O)OCCCC(N)(CC)CC. The number of nitrogens with two attached hydrogens (primary N) is 2. The maximum atomic E-state index is 11.6. The van der Waals surface area contributed by atoms with Gasteiger partial charge in [0.25, 0.3) is 0 Å². The second kappa shape index (κ2) is 11.5. The zero-order valence-corrected chi connectivity index (χ0v) is 15.8. The maximum Gasteiger partial charge on any atom is 0.697 e. The molecule has 0 aromatic rings. The van der Waals surface area contributed by atoms with Crippen LogP contribution in [0.4, 0.5) is 0 Å². The van der Waals surface area contributed by atoms with Crippen molar-refractivity contribution in [3.63, 3.8) is 0 Å². The summed E-state index contributed by atoms with van der Waals surface area (Å²) < 4.78 is 22.0. The van der Waals surface area contributed by atoms with Crippen molar-refractivity contribution < 1.29 is 13.6 Å². The van der Waals surface area contributed by atoms with Crippen molar-refractivity contribution in [2.24, 2.45) is 11.5 Å². The number of rotatable bonds is 14. The summed E-state index contributed by atoms with van der Waals surface area (Å²) in [6.07, 6.45) is 7.16. The molecule has 0 fully saturated rings. The van der Waals surface area contributed by atoms with E-state index in [0.29, 0.717) is 13.2 Å². The molecule has 0 saturated carbocycles. The van der Waals surface area contributed by atoms with Gasteiger partial charge in [-0.1, -0.05) is 27.7 Å². The molecule has 0 unspecified atom stereocenters. The summed E-state index contributed by atoms with van der Waals surface area (Å²) in [4.78, 5) is 0. The first kappa shape index (κ1) is 21.9. The third-order valence-corrected chi connectivity index (χ3v) is 5.63. The van der Waals surface area contributed by atoms with Crippen molar-refractivity contribution in [1.29, 1.82) is 0 Å². The van der Waals surface area contributed by atoms with Crippen LogP contribution in [-0.4, -0.2) is 24.3 Å². The number of hydrogen-bond donors (Lipinski definition) is 2. The summed E-state index contributed by atoms with van der Waals surface area (Å²) in [6.45, 7) is 9.24. The molecule has 0 aromatic carbocycles. The zero-order valence-electron chi connectivity index (χ0n) is 14.9. The quantitative estimate of drug-likeness (QED) is 0.365. The summed E-state index contributed by atoms with van der Waals surface area (Å²) in [5.41, 5.74) is 12.2. The molecule has 0 aliphatic heterocycles. The van der Waals surface area contributed by atoms with Crippen LogP contribution in [0.1, 0.15) is 79.1 Å². The van der Waals surface area contributed by atoms with Gasteiger partial charge in [-0.05, 0) is 51.4 Å². The predicted octanol–water partition coefficient (Wildman–Crippen LogP) is 4.27. The van der Waals surface area contributed by atoms with Crippen molar-refractivity contribution in [2.45, 2.75) is 90.1 Å². The van der Waals surface area contributed by atoms with Crippen LogP contribution in [0.25, 0.3) is 0 Å². The van der Waals surface area contributed by atoms with E-state index in [1.807, 2.05) is 0 Å². The molecule has 22 heavy (non-hydrogen) atoms. The Balaban J connectivity index is 3.71. The lowest BCUT2D eigenvalue weighted by molar-refractivity contribution is 0.204. The lowest BCUT2D eigenvalue weighted by Crippen LogP contribution is -2.38. The van der Waals surface area contributed by atoms with Gasteiger partial charge in [-0.25, -0.2) is 0 Å². The van der Waals surface area contributed by atoms with Crippen molar-refractivity contribution in [1.82, 2.24) is 0 Å². The smallest absolute Gasteiger partial charge is 0.325 e. The fraction of sp³-hybridized carbons (Fsp3) is 1.00. The van der Waals surface area contributed by atoms with Gasteiger partial charge in [0.15, 0.2) is 0 Å². The van der Waals surface area contributed by atoms with Crippen LogP contribution < -0.4 is 11.5 Å². The van der Waals surface area contributed by atoms with Crippen molar-refractivity contribution in [3.05, 3.63) is 0 Å². The van der Waals surface area contributed by atoms with Crippen LogP contribution in [0.15, 0.2) is 0 Å². The van der Waals surface area contributed by atoms with Crippen LogP contribution in [-0.2, 0) is 13.6 Å². The third-order valence-electron chi connectivity index (χ3n) is 4.85. The lowest BCUT2D eigenvalue weighted by Gasteiger charge is -2.26. The van der Waals surface area contributed by atoms with E-state index in [-0.39, 0.29) is 11.1 Å². The average Bonchev–Trinajstić information content (AvgIpc) is 2.55. The average molecular weight is 335 g/mol. The van der Waals surface area contributed by atoms with Crippen molar-refractivity contribution in [2.75, 3.05) is 13.2 Å². The largest absolute Gasteiger partial charge is 0.697 e. The van der Waals surface area contributed by atoms with Gasteiger partial charge < -0.3 is 11.5 Å². The monoisotopic (exact) mass is 335 g/mol. The lowest BCUT2D eigenvalue weighted by atomic mass is 9.89. The van der Waals surface area contributed by atoms with E-state index in [1.165, 1.54) is 0 Å². The summed E-state index contributed by atoms with van der Waals surface area (Å²) in [7, 11) is -2.02. The highest BCUT2D eigenvalue weighted by atomic mass is 31.1. The van der Waals surface area contributed by atoms with E-state index in [1.54, 1.807) is 0 Å². The molecule has 0 bridgehead atoms. The van der Waals surface area contributed by atoms with Gasteiger partial charge in [-0.3, -0.25) is 0 Å². The minimum Gasteiger partial charge on any atom is -0.325 e. The Labute approximate surface area is 137 Å². The molecule has 0 heterocycles. The molecule has 0 atom stereocenters. The molecule has 0 saturated heterocycles. The molecule has 0 rings (SSSR count). The van der Waals surface area contributed by atoms with E-state index >= 15 is 0 Å². The summed E-state index contributed by atoms with van der Waals surface area (Å²) >= 11 is 0. The Hall–Kier alpha value is -0.0600. The highest BCUT2D eigenvalue weighted by Crippen LogP contribution is 2.27. The molecular formula is C16H36N2O3P+. The van der Waals surface area contributed by atoms with E-state index < -0.39 is 8.25 Å². The maximum absolute atomic E-state index is 11.6. The molecule has 6 heteroatoms. The third kappa shape index (κ3) is 9.16. The van der Waals surface area contributed by atoms with Gasteiger partial charge in [0, 0.05) is 15.6 Å². The fourth-order valence-corrected chi connectivity index (χ4v) is 3.00. The molecule has 5 nitrogen and oxygen atoms in total. The van der Waals surface area contributed by atoms with Crippen molar-refractivity contribution in [3.8, 4) is 0 Å². The van der Waals surface area contributed by atoms with Crippen LogP contribution in [0, 0.1) is 0 Å². The molecular weight excluding hydrogens is 299 g/mol. The Morgan fingerprint density at radius 1 is 0.773 bits per heavy atom. The normalized spacial score (nSPS) is 12.6. The van der Waals surface area contributed by atoms with Crippen LogP contribution >= 0.6 is 8.25 Å². The van der Waals surface area contributed by atoms with Crippen LogP contribution in [0.3, 0.4) is 0 Å². The molecule has 0 aromatic heterocycles. The highest BCUT2D eigenvalue weighted by Gasteiger charge is 2.24. The van der Waals surface area contributed by atoms with Gasteiger partial charge in [-0.2, -0.15) is 0 Å². The van der Waals surface area contributed by atoms with Gasteiger partial charge in [0.05, 0.1) is 0 Å². The van der Waals surface area contributed by atoms with Crippen LogP contribution in [0.2, 0.25) is 0 Å². The molecule has 0 amide bonds. The summed E-state index contributed by atoms with van der Waals surface area (Å²) in [5.74, 6) is 0. The molecule has 0 aliphatic carbocycles. The first-order valence-electron chi connectivity index (χ1n) is 8.65. The Morgan fingerprint density at radius 3 is 1.36 bits per heavy atom. The van der Waals surface area contributed by atoms with Gasteiger partial charge in [0.1, 0.15) is 13.2 Å². The first-order chi connectivity index (χ1) is 10.3. The second-order valence-electron chi connectivity index (χ2n) is 6.24. The fourth-order valence-electron chi connectivity index (χ4n) is 2.37. The first-order valence-corrected chi connectivity index (χ1v) is 9.75. The van der Waals surface area contributed by atoms with E-state index in [4.69, 9.17) is 20.5 Å². The van der Waals surface area contributed by atoms with E-state index in [2.05, 4.69) is 27.7 Å².